The molecule has 1 atom stereocenters. The van der Waals surface area contributed by atoms with Gasteiger partial charge in [0.1, 0.15) is 0 Å². The lowest BCUT2D eigenvalue weighted by Crippen LogP contribution is -2.35. The van der Waals surface area contributed by atoms with Crippen LogP contribution in [0.25, 0.3) is 0 Å². The smallest absolute Gasteiger partial charge is 0.00444 e. The predicted molar refractivity (Wildman–Crippen MR) is 64.7 cm³/mol. The SMILES string of the molecule is CCC.CCC1(CN(C)C)CCNC1. The minimum absolute atomic E-state index is 0.573. The van der Waals surface area contributed by atoms with Crippen molar-refractivity contribution >= 4 is 0 Å². The van der Waals surface area contributed by atoms with Crippen LogP contribution in [0.1, 0.15) is 40.0 Å². The summed E-state index contributed by atoms with van der Waals surface area (Å²) in [5, 5.41) is 3.44. The number of nitrogens with one attached hydrogen (secondary N) is 1. The van der Waals surface area contributed by atoms with Crippen molar-refractivity contribution in [2.75, 3.05) is 33.7 Å². The third-order valence-electron chi connectivity index (χ3n) is 2.73. The fourth-order valence-electron chi connectivity index (χ4n) is 2.01. The van der Waals surface area contributed by atoms with Gasteiger partial charge in [-0.1, -0.05) is 27.2 Å². The second-order valence-corrected chi connectivity index (χ2v) is 4.73. The molecule has 0 spiro atoms. The lowest BCUT2D eigenvalue weighted by atomic mass is 9.84. The van der Waals surface area contributed by atoms with Gasteiger partial charge in [0.15, 0.2) is 0 Å². The summed E-state index contributed by atoms with van der Waals surface area (Å²) in [6.45, 7) is 10.2. The van der Waals surface area contributed by atoms with Crippen LogP contribution in [-0.2, 0) is 0 Å². The van der Waals surface area contributed by atoms with E-state index in [0.717, 1.165) is 0 Å². The van der Waals surface area contributed by atoms with Crippen molar-refractivity contribution in [2.45, 2.75) is 40.0 Å². The molecule has 0 aromatic rings. The van der Waals surface area contributed by atoms with Crippen LogP contribution < -0.4 is 5.32 Å². The highest BCUT2D eigenvalue weighted by Gasteiger charge is 2.31. The van der Waals surface area contributed by atoms with Crippen molar-refractivity contribution in [3.05, 3.63) is 0 Å². The Kier molecular flexibility index (Phi) is 7.20. The topological polar surface area (TPSA) is 15.3 Å². The van der Waals surface area contributed by atoms with E-state index in [2.05, 4.69) is 45.1 Å². The first-order valence-corrected chi connectivity index (χ1v) is 5.95. The second kappa shape index (κ2) is 7.24. The first-order valence-electron chi connectivity index (χ1n) is 5.95. The molecule has 0 aromatic heterocycles. The van der Waals surface area contributed by atoms with Crippen molar-refractivity contribution < 1.29 is 0 Å². The predicted octanol–water partition coefficient (Wildman–Crippen LogP) is 2.35. The van der Waals surface area contributed by atoms with E-state index in [-0.39, 0.29) is 0 Å². The molecule has 0 amide bonds. The Labute approximate surface area is 90.1 Å². The summed E-state index contributed by atoms with van der Waals surface area (Å²) >= 11 is 0. The summed E-state index contributed by atoms with van der Waals surface area (Å²) in [5.41, 5.74) is 0.573. The molecule has 0 aliphatic carbocycles. The zero-order valence-corrected chi connectivity index (χ0v) is 10.7. The van der Waals surface area contributed by atoms with Crippen LogP contribution in [0.15, 0.2) is 0 Å². The molecule has 1 unspecified atom stereocenters. The van der Waals surface area contributed by atoms with Crippen molar-refractivity contribution in [2.24, 2.45) is 5.41 Å². The van der Waals surface area contributed by atoms with Gasteiger partial charge in [0.2, 0.25) is 0 Å². The van der Waals surface area contributed by atoms with Crippen LogP contribution in [0.3, 0.4) is 0 Å². The van der Waals surface area contributed by atoms with E-state index < -0.39 is 0 Å². The molecule has 1 N–H and O–H groups in total. The van der Waals surface area contributed by atoms with Crippen LogP contribution in [0, 0.1) is 5.41 Å². The van der Waals surface area contributed by atoms with E-state index in [1.54, 1.807) is 0 Å². The fourth-order valence-corrected chi connectivity index (χ4v) is 2.01. The number of hydrogen-bond acceptors (Lipinski definition) is 2. The zero-order valence-electron chi connectivity index (χ0n) is 10.7. The van der Waals surface area contributed by atoms with Crippen molar-refractivity contribution in [3.63, 3.8) is 0 Å². The molecule has 1 aliphatic heterocycles. The summed E-state index contributed by atoms with van der Waals surface area (Å²) in [6, 6.07) is 0. The Morgan fingerprint density at radius 2 is 1.79 bits per heavy atom. The average Bonchev–Trinajstić information content (AvgIpc) is 2.54. The molecule has 0 radical (unpaired) electrons. The molecule has 1 heterocycles. The van der Waals surface area contributed by atoms with Crippen LogP contribution in [0.2, 0.25) is 0 Å². The van der Waals surface area contributed by atoms with Crippen LogP contribution >= 0.6 is 0 Å². The van der Waals surface area contributed by atoms with E-state index >= 15 is 0 Å². The maximum absolute atomic E-state index is 3.44. The Morgan fingerprint density at radius 1 is 1.21 bits per heavy atom. The molecule has 14 heavy (non-hydrogen) atoms. The van der Waals surface area contributed by atoms with Crippen LogP contribution in [-0.4, -0.2) is 38.6 Å². The largest absolute Gasteiger partial charge is 0.316 e. The quantitative estimate of drug-likeness (QED) is 0.752. The first kappa shape index (κ1) is 13.9. The van der Waals surface area contributed by atoms with Crippen LogP contribution in [0.5, 0.6) is 0 Å². The number of hydrogen-bond donors (Lipinski definition) is 1. The molecule has 1 fully saturated rings. The van der Waals surface area contributed by atoms with E-state index in [1.165, 1.54) is 38.9 Å². The lowest BCUT2D eigenvalue weighted by molar-refractivity contribution is 0.210. The molecular weight excluding hydrogens is 172 g/mol. The normalized spacial score (nSPS) is 26.1. The molecule has 0 bridgehead atoms. The highest BCUT2D eigenvalue weighted by atomic mass is 15.1. The summed E-state index contributed by atoms with van der Waals surface area (Å²) in [4.78, 5) is 2.30. The van der Waals surface area contributed by atoms with Gasteiger partial charge < -0.3 is 10.2 Å². The first-order chi connectivity index (χ1) is 6.60. The molecule has 0 aromatic carbocycles. The minimum Gasteiger partial charge on any atom is -0.316 e. The van der Waals surface area contributed by atoms with E-state index in [1.807, 2.05) is 0 Å². The van der Waals surface area contributed by atoms with Gasteiger partial charge in [-0.05, 0) is 38.9 Å². The summed E-state index contributed by atoms with van der Waals surface area (Å²) in [6.07, 6.45) is 3.90. The van der Waals surface area contributed by atoms with Crippen LogP contribution in [0.4, 0.5) is 0 Å². The van der Waals surface area contributed by atoms with Gasteiger partial charge in [0.05, 0.1) is 0 Å². The van der Waals surface area contributed by atoms with Gasteiger partial charge in [0, 0.05) is 13.1 Å². The highest BCUT2D eigenvalue weighted by Crippen LogP contribution is 2.29. The summed E-state index contributed by atoms with van der Waals surface area (Å²) in [5.74, 6) is 0. The molecule has 1 rings (SSSR count). The van der Waals surface area contributed by atoms with Gasteiger partial charge in [0.25, 0.3) is 0 Å². The molecule has 2 nitrogen and oxygen atoms in total. The maximum atomic E-state index is 3.44. The van der Waals surface area contributed by atoms with Crippen molar-refractivity contribution in [1.82, 2.24) is 10.2 Å². The number of rotatable bonds is 3. The molecule has 0 saturated carbocycles. The molecule has 1 saturated heterocycles. The fraction of sp³-hybridized carbons (Fsp3) is 1.00. The monoisotopic (exact) mass is 200 g/mol. The Balaban J connectivity index is 0.000000500. The standard InChI is InChI=1S/C9H20N2.C3H8/c1-4-9(8-11(2)3)5-6-10-7-9;1-3-2/h10H,4-8H2,1-3H3;3H2,1-2H3. The molecule has 1 aliphatic rings. The summed E-state index contributed by atoms with van der Waals surface area (Å²) in [7, 11) is 4.32. The maximum Gasteiger partial charge on any atom is 0.00444 e. The third-order valence-corrected chi connectivity index (χ3v) is 2.73. The Morgan fingerprint density at radius 3 is 2.07 bits per heavy atom. The highest BCUT2D eigenvalue weighted by molar-refractivity contribution is 4.88. The Bertz CT molecular complexity index is 126. The molecular formula is C12H28N2. The summed E-state index contributed by atoms with van der Waals surface area (Å²) < 4.78 is 0. The van der Waals surface area contributed by atoms with Gasteiger partial charge in [-0.2, -0.15) is 0 Å². The average molecular weight is 200 g/mol. The minimum atomic E-state index is 0.573. The third kappa shape index (κ3) is 4.97. The van der Waals surface area contributed by atoms with E-state index in [0.29, 0.717) is 5.41 Å². The van der Waals surface area contributed by atoms with E-state index in [4.69, 9.17) is 0 Å². The van der Waals surface area contributed by atoms with Crippen molar-refractivity contribution in [1.29, 1.82) is 0 Å². The second-order valence-electron chi connectivity index (χ2n) is 4.73. The number of nitrogens with zero attached hydrogens (tertiary/aromatic N) is 1. The van der Waals surface area contributed by atoms with Gasteiger partial charge >= 0.3 is 0 Å². The molecule has 2 heteroatoms. The lowest BCUT2D eigenvalue weighted by Gasteiger charge is -2.29. The zero-order chi connectivity index (χ0) is 11.0. The van der Waals surface area contributed by atoms with Crippen molar-refractivity contribution in [3.8, 4) is 0 Å². The van der Waals surface area contributed by atoms with E-state index in [9.17, 15) is 0 Å². The van der Waals surface area contributed by atoms with Gasteiger partial charge in [-0.3, -0.25) is 0 Å². The van der Waals surface area contributed by atoms with Gasteiger partial charge in [-0.15, -0.1) is 0 Å². The Hall–Kier alpha value is -0.0800. The van der Waals surface area contributed by atoms with Gasteiger partial charge in [-0.25, -0.2) is 0 Å². The molecule has 86 valence electrons.